The van der Waals surface area contributed by atoms with Crippen molar-refractivity contribution in [1.29, 1.82) is 0 Å². The molecule has 2 aromatic heterocycles. The molecule has 0 fully saturated rings. The highest BCUT2D eigenvalue weighted by atomic mass is 79.9. The number of hydrogen-bond donors (Lipinski definition) is 0. The van der Waals surface area contributed by atoms with Gasteiger partial charge >= 0.3 is 0 Å². The molecule has 0 atom stereocenters. The minimum absolute atomic E-state index is 1.10. The quantitative estimate of drug-likeness (QED) is 0.214. The first-order valence-electron chi connectivity index (χ1n) is 11.6. The summed E-state index contributed by atoms with van der Waals surface area (Å²) in [5, 5.41) is 5.14. The molecule has 0 amide bonds. The van der Waals surface area contributed by atoms with E-state index >= 15 is 0 Å². The Hall–Kier alpha value is -3.66. The Morgan fingerprint density at radius 2 is 1.20 bits per heavy atom. The SMILES string of the molecule is Brc1ccc2cc3sc4c(-c5ccccc5)n(-c5ccccc5)c(-c5ccccc5)c4c3cc2c1. The molecule has 7 rings (SSSR count). The van der Waals surface area contributed by atoms with Crippen LogP contribution >= 0.6 is 27.3 Å². The number of aromatic nitrogens is 1. The van der Waals surface area contributed by atoms with E-state index in [0.29, 0.717) is 0 Å². The Morgan fingerprint density at radius 1 is 0.571 bits per heavy atom. The van der Waals surface area contributed by atoms with Crippen LogP contribution in [0, 0.1) is 0 Å². The van der Waals surface area contributed by atoms with Gasteiger partial charge in [0.25, 0.3) is 0 Å². The maximum Gasteiger partial charge on any atom is 0.0714 e. The monoisotopic (exact) mass is 529 g/mol. The largest absolute Gasteiger partial charge is 0.307 e. The summed E-state index contributed by atoms with van der Waals surface area (Å²) in [6.07, 6.45) is 0. The van der Waals surface area contributed by atoms with E-state index in [4.69, 9.17) is 0 Å². The van der Waals surface area contributed by atoms with Gasteiger partial charge in [-0.3, -0.25) is 0 Å². The molecule has 0 saturated carbocycles. The van der Waals surface area contributed by atoms with Gasteiger partial charge in [-0.2, -0.15) is 0 Å². The molecule has 35 heavy (non-hydrogen) atoms. The van der Waals surface area contributed by atoms with Crippen LogP contribution in [0.5, 0.6) is 0 Å². The zero-order valence-electron chi connectivity index (χ0n) is 18.8. The first kappa shape index (κ1) is 20.7. The van der Waals surface area contributed by atoms with Crippen LogP contribution in [0.2, 0.25) is 0 Å². The number of nitrogens with zero attached hydrogens (tertiary/aromatic N) is 1. The Labute approximate surface area is 216 Å². The van der Waals surface area contributed by atoms with E-state index in [1.165, 1.54) is 59.1 Å². The summed E-state index contributed by atoms with van der Waals surface area (Å²) in [7, 11) is 0. The number of thiophene rings is 1. The molecule has 0 radical (unpaired) electrons. The lowest BCUT2D eigenvalue weighted by atomic mass is 10.0. The molecule has 0 N–H and O–H groups in total. The van der Waals surface area contributed by atoms with Gasteiger partial charge in [0.1, 0.15) is 0 Å². The first-order chi connectivity index (χ1) is 17.3. The van der Waals surface area contributed by atoms with Crippen molar-refractivity contribution >= 4 is 58.2 Å². The van der Waals surface area contributed by atoms with E-state index in [0.717, 1.165) is 4.47 Å². The van der Waals surface area contributed by atoms with Crippen LogP contribution in [0.3, 0.4) is 0 Å². The molecule has 0 bridgehead atoms. The van der Waals surface area contributed by atoms with E-state index in [2.05, 4.69) is 142 Å². The van der Waals surface area contributed by atoms with Gasteiger partial charge in [-0.15, -0.1) is 11.3 Å². The summed E-state index contributed by atoms with van der Waals surface area (Å²) < 4.78 is 6.20. The lowest BCUT2D eigenvalue weighted by molar-refractivity contribution is 1.10. The third-order valence-corrected chi connectivity index (χ3v) is 8.27. The third kappa shape index (κ3) is 3.35. The Bertz CT molecular complexity index is 1830. The van der Waals surface area contributed by atoms with Gasteiger partial charge in [-0.1, -0.05) is 101 Å². The van der Waals surface area contributed by atoms with Crippen molar-refractivity contribution in [3.63, 3.8) is 0 Å². The van der Waals surface area contributed by atoms with Crippen LogP contribution in [-0.2, 0) is 0 Å². The van der Waals surface area contributed by atoms with Crippen LogP contribution in [0.4, 0.5) is 0 Å². The average Bonchev–Trinajstić information content (AvgIpc) is 3.43. The average molecular weight is 530 g/mol. The van der Waals surface area contributed by atoms with Gasteiger partial charge in [-0.05, 0) is 58.3 Å². The maximum atomic E-state index is 3.66. The molecule has 2 heterocycles. The lowest BCUT2D eigenvalue weighted by Crippen LogP contribution is -1.99. The second kappa shape index (κ2) is 8.23. The summed E-state index contributed by atoms with van der Waals surface area (Å²) in [4.78, 5) is 0. The summed E-state index contributed by atoms with van der Waals surface area (Å²) in [5.74, 6) is 0. The van der Waals surface area contributed by atoms with Crippen molar-refractivity contribution in [2.24, 2.45) is 0 Å². The van der Waals surface area contributed by atoms with Crippen molar-refractivity contribution < 1.29 is 0 Å². The smallest absolute Gasteiger partial charge is 0.0714 e. The third-order valence-electron chi connectivity index (χ3n) is 6.62. The van der Waals surface area contributed by atoms with Gasteiger partial charge in [0, 0.05) is 25.6 Å². The highest BCUT2D eigenvalue weighted by Crippen LogP contribution is 2.49. The van der Waals surface area contributed by atoms with E-state index in [1.807, 2.05) is 11.3 Å². The maximum absolute atomic E-state index is 3.66. The van der Waals surface area contributed by atoms with Crippen LogP contribution in [0.25, 0.3) is 59.1 Å². The molecule has 7 aromatic rings. The molecule has 3 heteroatoms. The molecule has 0 saturated heterocycles. The second-order valence-corrected chi connectivity index (χ2v) is 10.7. The summed E-state index contributed by atoms with van der Waals surface area (Å²) in [5.41, 5.74) is 6.11. The summed E-state index contributed by atoms with van der Waals surface area (Å²) in [6, 6.07) is 43.6. The molecule has 1 nitrogen and oxygen atoms in total. The minimum atomic E-state index is 1.10. The van der Waals surface area contributed by atoms with Crippen molar-refractivity contribution in [1.82, 2.24) is 4.57 Å². The predicted molar refractivity (Wildman–Crippen MR) is 155 cm³/mol. The van der Waals surface area contributed by atoms with E-state index in [1.54, 1.807) is 0 Å². The van der Waals surface area contributed by atoms with Gasteiger partial charge < -0.3 is 4.57 Å². The van der Waals surface area contributed by atoms with E-state index in [-0.39, 0.29) is 0 Å². The molecule has 0 spiro atoms. The topological polar surface area (TPSA) is 4.93 Å². The Kier molecular flexibility index (Phi) is 4.86. The highest BCUT2D eigenvalue weighted by Gasteiger charge is 2.24. The van der Waals surface area contributed by atoms with Crippen LogP contribution in [0.15, 0.2) is 126 Å². The minimum Gasteiger partial charge on any atom is -0.307 e. The van der Waals surface area contributed by atoms with Gasteiger partial charge in [0.2, 0.25) is 0 Å². The van der Waals surface area contributed by atoms with Crippen LogP contribution < -0.4 is 0 Å². The number of para-hydroxylation sites is 1. The highest BCUT2D eigenvalue weighted by molar-refractivity contribution is 9.10. The van der Waals surface area contributed by atoms with E-state index in [9.17, 15) is 0 Å². The number of fused-ring (bicyclic) bond motifs is 4. The van der Waals surface area contributed by atoms with Gasteiger partial charge in [-0.25, -0.2) is 0 Å². The summed E-state index contributed by atoms with van der Waals surface area (Å²) in [6.45, 7) is 0. The van der Waals surface area contributed by atoms with Crippen molar-refractivity contribution in [3.8, 4) is 28.2 Å². The van der Waals surface area contributed by atoms with Crippen LogP contribution in [-0.4, -0.2) is 4.57 Å². The molecule has 0 aliphatic rings. The fraction of sp³-hybridized carbons (Fsp3) is 0. The number of halogens is 1. The zero-order chi connectivity index (χ0) is 23.4. The zero-order valence-corrected chi connectivity index (χ0v) is 21.2. The van der Waals surface area contributed by atoms with Crippen molar-refractivity contribution in [3.05, 3.63) is 126 Å². The lowest BCUT2D eigenvalue weighted by Gasteiger charge is -2.15. The molecule has 0 aliphatic carbocycles. The second-order valence-electron chi connectivity index (χ2n) is 8.75. The summed E-state index contributed by atoms with van der Waals surface area (Å²) >= 11 is 5.56. The molecule has 166 valence electrons. The molecule has 0 unspecified atom stereocenters. The normalized spacial score (nSPS) is 11.6. The molecule has 0 aliphatic heterocycles. The molecule has 5 aromatic carbocycles. The Balaban J connectivity index is 1.72. The van der Waals surface area contributed by atoms with Crippen molar-refractivity contribution in [2.75, 3.05) is 0 Å². The first-order valence-corrected chi connectivity index (χ1v) is 13.3. The fourth-order valence-corrected chi connectivity index (χ4v) is 6.77. The number of benzene rings is 5. The number of rotatable bonds is 3. The van der Waals surface area contributed by atoms with Gasteiger partial charge in [0.05, 0.1) is 16.1 Å². The van der Waals surface area contributed by atoms with Crippen molar-refractivity contribution in [2.45, 2.75) is 0 Å². The Morgan fingerprint density at radius 3 is 1.89 bits per heavy atom. The standard InChI is InChI=1S/C32H20BrNS/c33-25-17-16-23-20-28-27(19-24(23)18-25)29-30(21-10-4-1-5-11-21)34(26-14-8-3-9-15-26)31(32(29)35-28)22-12-6-2-7-13-22/h1-20H. The molecular formula is C32H20BrNS. The number of hydrogen-bond acceptors (Lipinski definition) is 1. The van der Waals surface area contributed by atoms with Gasteiger partial charge in [0.15, 0.2) is 0 Å². The van der Waals surface area contributed by atoms with Crippen LogP contribution in [0.1, 0.15) is 0 Å². The molecular weight excluding hydrogens is 510 g/mol. The van der Waals surface area contributed by atoms with E-state index < -0.39 is 0 Å². The predicted octanol–water partition coefficient (Wildman–Crippen LogP) is 10.1. The fourth-order valence-electron chi connectivity index (χ4n) is 5.10.